The Kier molecular flexibility index (Phi) is 5.44. The predicted molar refractivity (Wildman–Crippen MR) is 76.2 cm³/mol. The summed E-state index contributed by atoms with van der Waals surface area (Å²) in [4.78, 5) is 11.7. The van der Waals surface area contributed by atoms with Gasteiger partial charge in [0, 0.05) is 11.4 Å². The molecule has 108 valence electrons. The molecule has 0 atom stereocenters. The van der Waals surface area contributed by atoms with Gasteiger partial charge in [-0.2, -0.15) is 5.10 Å². The average Bonchev–Trinajstić information content (AvgIpc) is 2.36. The molecule has 0 aliphatic heterocycles. The fraction of sp³-hybridized carbons (Fsp3) is 0.182. The molecule has 0 aromatic heterocycles. The minimum atomic E-state index is -0.312. The Balaban J connectivity index is 2.58. The number of nitrogens with one attached hydrogen (secondary N) is 1. The van der Waals surface area contributed by atoms with Crippen molar-refractivity contribution < 1.29 is 10.0 Å². The number of nitrogens with zero attached hydrogens (tertiary/aromatic N) is 3. The van der Waals surface area contributed by atoms with Crippen LogP contribution in [0.3, 0.4) is 0 Å². The molecule has 0 bridgehead atoms. The van der Waals surface area contributed by atoms with Crippen molar-refractivity contribution >= 4 is 29.0 Å². The van der Waals surface area contributed by atoms with E-state index in [0.29, 0.717) is 11.4 Å². The lowest BCUT2D eigenvalue weighted by Gasteiger charge is -2.21. The molecule has 0 spiro atoms. The Labute approximate surface area is 115 Å². The van der Waals surface area contributed by atoms with Gasteiger partial charge >= 0.3 is 0 Å². The van der Waals surface area contributed by atoms with E-state index in [2.05, 4.69) is 15.5 Å². The van der Waals surface area contributed by atoms with Gasteiger partial charge in [-0.25, -0.2) is 0 Å². The molecule has 6 N–H and O–H groups in total. The Hall–Kier alpha value is -2.65. The maximum absolute atomic E-state index is 11.7. The van der Waals surface area contributed by atoms with Crippen LogP contribution in [0.1, 0.15) is 13.3 Å². The van der Waals surface area contributed by atoms with Crippen molar-refractivity contribution in [1.29, 1.82) is 0 Å². The summed E-state index contributed by atoms with van der Waals surface area (Å²) in [6.07, 6.45) is 0.0201. The molecule has 0 aliphatic rings. The number of nitrogens with two attached hydrogens (primary N) is 2. The number of hydrogen-bond donors (Lipinski definition) is 4. The van der Waals surface area contributed by atoms with E-state index in [1.54, 1.807) is 6.92 Å². The first kappa shape index (κ1) is 15.4. The molecule has 1 aromatic rings. The molecule has 0 heterocycles. The highest BCUT2D eigenvalue weighted by molar-refractivity contribution is 6.05. The van der Waals surface area contributed by atoms with Crippen molar-refractivity contribution in [2.45, 2.75) is 13.3 Å². The normalized spacial score (nSPS) is 10.8. The van der Waals surface area contributed by atoms with Gasteiger partial charge in [0.1, 0.15) is 0 Å². The zero-order chi connectivity index (χ0) is 15.1. The second-order valence-electron chi connectivity index (χ2n) is 3.90. The van der Waals surface area contributed by atoms with Gasteiger partial charge in [0.25, 0.3) is 0 Å². The zero-order valence-electron chi connectivity index (χ0n) is 10.8. The molecular formula is C11H15N6O3-. The molecule has 0 saturated carbocycles. The molecule has 1 rings (SSSR count). The maximum atomic E-state index is 11.7. The monoisotopic (exact) mass is 279 g/mol. The molecule has 0 saturated heterocycles. The summed E-state index contributed by atoms with van der Waals surface area (Å²) < 4.78 is 0. The van der Waals surface area contributed by atoms with Gasteiger partial charge < -0.3 is 27.2 Å². The van der Waals surface area contributed by atoms with Crippen molar-refractivity contribution in [3.8, 4) is 0 Å². The lowest BCUT2D eigenvalue weighted by atomic mass is 10.2. The lowest BCUT2D eigenvalue weighted by molar-refractivity contribution is -0.115. The fourth-order valence-electron chi connectivity index (χ4n) is 1.29. The molecule has 0 unspecified atom stereocenters. The summed E-state index contributed by atoms with van der Waals surface area (Å²) >= 11 is 0. The summed E-state index contributed by atoms with van der Waals surface area (Å²) in [5.74, 6) is -0.501. The Morgan fingerprint density at radius 3 is 2.45 bits per heavy atom. The molecule has 9 nitrogen and oxygen atoms in total. The summed E-state index contributed by atoms with van der Waals surface area (Å²) in [7, 11) is 0. The van der Waals surface area contributed by atoms with Gasteiger partial charge in [0.05, 0.1) is 12.1 Å². The summed E-state index contributed by atoms with van der Waals surface area (Å²) in [6.45, 7) is 1.61. The highest BCUT2D eigenvalue weighted by atomic mass is 16.8. The molecule has 0 aliphatic carbocycles. The van der Waals surface area contributed by atoms with Crippen LogP contribution in [-0.2, 0) is 4.79 Å². The maximum Gasteiger partial charge on any atom is 0.230 e. The van der Waals surface area contributed by atoms with Gasteiger partial charge in [-0.3, -0.25) is 10.0 Å². The third-order valence-electron chi connectivity index (χ3n) is 2.12. The molecule has 0 fully saturated rings. The second kappa shape index (κ2) is 7.07. The minimum absolute atomic E-state index is 0.0201. The number of carbonyl (C=O) groups is 1. The van der Waals surface area contributed by atoms with E-state index in [1.807, 2.05) is 0 Å². The Bertz CT molecular complexity index is 519. The molecular weight excluding hydrogens is 264 g/mol. The van der Waals surface area contributed by atoms with Crippen molar-refractivity contribution in [2.24, 2.45) is 21.7 Å². The van der Waals surface area contributed by atoms with Gasteiger partial charge in [-0.15, -0.1) is 5.10 Å². The summed E-state index contributed by atoms with van der Waals surface area (Å²) in [5, 5.41) is 28.7. The van der Waals surface area contributed by atoms with Gasteiger partial charge in [-0.1, -0.05) is 0 Å². The second-order valence-corrected chi connectivity index (χ2v) is 3.90. The first-order valence-corrected chi connectivity index (χ1v) is 5.56. The quantitative estimate of drug-likeness (QED) is 0.347. The van der Waals surface area contributed by atoms with Gasteiger partial charge in [0.15, 0.2) is 0 Å². The van der Waals surface area contributed by atoms with Crippen molar-refractivity contribution in [2.75, 3.05) is 10.5 Å². The van der Waals surface area contributed by atoms with Gasteiger partial charge in [0.2, 0.25) is 11.9 Å². The van der Waals surface area contributed by atoms with Crippen LogP contribution in [0.2, 0.25) is 0 Å². The number of benzene rings is 1. The van der Waals surface area contributed by atoms with E-state index in [9.17, 15) is 10.0 Å². The van der Waals surface area contributed by atoms with Crippen LogP contribution >= 0.6 is 0 Å². The van der Waals surface area contributed by atoms with Crippen LogP contribution in [0.25, 0.3) is 0 Å². The fourth-order valence-corrected chi connectivity index (χ4v) is 1.29. The van der Waals surface area contributed by atoms with E-state index in [4.69, 9.17) is 16.7 Å². The van der Waals surface area contributed by atoms with E-state index in [-0.39, 0.29) is 29.2 Å². The largest absolute Gasteiger partial charge is 0.733 e. The van der Waals surface area contributed by atoms with Crippen molar-refractivity contribution in [3.05, 3.63) is 29.5 Å². The van der Waals surface area contributed by atoms with Crippen LogP contribution in [0.15, 0.2) is 34.5 Å². The smallest absolute Gasteiger partial charge is 0.230 e. The number of hydrogen-bond acceptors (Lipinski definition) is 6. The van der Waals surface area contributed by atoms with Crippen molar-refractivity contribution in [3.63, 3.8) is 0 Å². The SMILES string of the molecule is C/C(CC(=O)Nc1ccc(N([O-])O)cc1)=N/N=C(N)N. The van der Waals surface area contributed by atoms with E-state index in [1.165, 1.54) is 24.3 Å². The van der Waals surface area contributed by atoms with Crippen molar-refractivity contribution in [1.82, 2.24) is 0 Å². The number of guanidine groups is 1. The number of rotatable bonds is 5. The van der Waals surface area contributed by atoms with Crippen LogP contribution in [0.5, 0.6) is 0 Å². The molecule has 0 radical (unpaired) electrons. The summed E-state index contributed by atoms with van der Waals surface area (Å²) in [5.41, 5.74) is 11.2. The summed E-state index contributed by atoms with van der Waals surface area (Å²) in [6, 6.07) is 5.69. The molecule has 1 amide bonds. The van der Waals surface area contributed by atoms with Gasteiger partial charge in [-0.05, 0) is 31.2 Å². The highest BCUT2D eigenvalue weighted by Crippen LogP contribution is 2.15. The van der Waals surface area contributed by atoms with E-state index < -0.39 is 0 Å². The molecule has 20 heavy (non-hydrogen) atoms. The number of carbonyl (C=O) groups excluding carboxylic acids is 1. The Morgan fingerprint density at radius 2 is 1.95 bits per heavy atom. The third kappa shape index (κ3) is 5.33. The standard InChI is InChI=1S/C11H15N6O3/c1-7(15-16-11(12)13)6-10(18)14-8-2-4-9(5-3-8)17(19)20/h2-5,19H,6H2,1H3,(H,14,18)(H4,12,13,16)/q-1/b15-7-. The predicted octanol–water partition coefficient (Wildman–Crippen LogP) is 0.358. The van der Waals surface area contributed by atoms with E-state index >= 15 is 0 Å². The average molecular weight is 279 g/mol. The number of anilines is 2. The molecule has 1 aromatic carbocycles. The lowest BCUT2D eigenvalue weighted by Crippen LogP contribution is -2.22. The van der Waals surface area contributed by atoms with E-state index in [0.717, 1.165) is 0 Å². The Morgan fingerprint density at radius 1 is 1.35 bits per heavy atom. The molecule has 9 heteroatoms. The first-order valence-electron chi connectivity index (χ1n) is 5.56. The number of amides is 1. The van der Waals surface area contributed by atoms with Crippen LogP contribution in [-0.4, -0.2) is 22.8 Å². The topological polar surface area (TPSA) is 152 Å². The van der Waals surface area contributed by atoms with Crippen LogP contribution in [0, 0.1) is 5.21 Å². The first-order chi connectivity index (χ1) is 9.38. The highest BCUT2D eigenvalue weighted by Gasteiger charge is 2.04. The minimum Gasteiger partial charge on any atom is -0.733 e. The van der Waals surface area contributed by atoms with Crippen LogP contribution < -0.4 is 22.0 Å². The van der Waals surface area contributed by atoms with Crippen LogP contribution in [0.4, 0.5) is 11.4 Å². The third-order valence-corrected chi connectivity index (χ3v) is 2.12. The zero-order valence-corrected chi connectivity index (χ0v) is 10.8.